The third-order valence-electron chi connectivity index (χ3n) is 2.19. The highest BCUT2D eigenvalue weighted by Crippen LogP contribution is 2.24. The maximum Gasteiger partial charge on any atom is 0.135 e. The number of carbonyl (C=O) groups is 1. The zero-order chi connectivity index (χ0) is 7.40. The molecule has 1 unspecified atom stereocenters. The minimum absolute atomic E-state index is 0.364. The average Bonchev–Trinajstić information content (AvgIpc) is 2.31. The Kier molecular flexibility index (Phi) is 2.87. The van der Waals surface area contributed by atoms with Crippen molar-refractivity contribution in [3.8, 4) is 0 Å². The molecule has 0 bridgehead atoms. The lowest BCUT2D eigenvalue weighted by Gasteiger charge is -2.04. The predicted octanol–water partition coefficient (Wildman–Crippen LogP) is 1.09. The molecule has 0 aromatic heterocycles. The Morgan fingerprint density at radius 2 is 2.40 bits per heavy atom. The lowest BCUT2D eigenvalue weighted by molar-refractivity contribution is -0.120. The van der Waals surface area contributed by atoms with Gasteiger partial charge in [-0.25, -0.2) is 0 Å². The van der Waals surface area contributed by atoms with Crippen LogP contribution in [0.15, 0.2) is 0 Å². The van der Waals surface area contributed by atoms with E-state index in [1.165, 1.54) is 0 Å². The Hall–Kier alpha value is -0.370. The van der Waals surface area contributed by atoms with Gasteiger partial charge >= 0.3 is 0 Å². The normalized spacial score (nSPS) is 25.7. The van der Waals surface area contributed by atoms with Crippen molar-refractivity contribution in [3.63, 3.8) is 0 Å². The van der Waals surface area contributed by atoms with E-state index in [1.807, 2.05) is 0 Å². The Morgan fingerprint density at radius 1 is 1.60 bits per heavy atom. The van der Waals surface area contributed by atoms with Crippen LogP contribution in [0.3, 0.4) is 0 Å². The molecule has 0 spiro atoms. The van der Waals surface area contributed by atoms with E-state index in [4.69, 9.17) is 5.73 Å². The van der Waals surface area contributed by atoms with E-state index in [1.54, 1.807) is 0 Å². The zero-order valence-electron chi connectivity index (χ0n) is 6.31. The molecule has 0 saturated heterocycles. The van der Waals surface area contributed by atoms with E-state index in [-0.39, 0.29) is 0 Å². The van der Waals surface area contributed by atoms with Crippen molar-refractivity contribution in [1.29, 1.82) is 0 Å². The van der Waals surface area contributed by atoms with Gasteiger partial charge in [0.2, 0.25) is 0 Å². The number of rotatable bonds is 3. The molecule has 0 amide bonds. The summed E-state index contributed by atoms with van der Waals surface area (Å²) in [7, 11) is 0. The number of nitrogens with two attached hydrogens (primary N) is 1. The van der Waals surface area contributed by atoms with Crippen LogP contribution in [0.2, 0.25) is 0 Å². The first-order valence-electron chi connectivity index (χ1n) is 4.07. The minimum atomic E-state index is 0.364. The minimum Gasteiger partial charge on any atom is -0.330 e. The highest BCUT2D eigenvalue weighted by atomic mass is 16.1. The van der Waals surface area contributed by atoms with Gasteiger partial charge in [0.15, 0.2) is 0 Å². The molecular weight excluding hydrogens is 126 g/mol. The van der Waals surface area contributed by atoms with E-state index in [0.717, 1.165) is 38.6 Å². The topological polar surface area (TPSA) is 43.1 Å². The number of hydrogen-bond donors (Lipinski definition) is 1. The van der Waals surface area contributed by atoms with Gasteiger partial charge < -0.3 is 5.73 Å². The molecule has 0 aliphatic heterocycles. The summed E-state index contributed by atoms with van der Waals surface area (Å²) in [5, 5.41) is 0. The Labute approximate surface area is 61.8 Å². The molecule has 1 rings (SSSR count). The Balaban J connectivity index is 2.20. The molecular formula is C8H15NO. The van der Waals surface area contributed by atoms with Gasteiger partial charge in [0.05, 0.1) is 0 Å². The Bertz CT molecular complexity index is 122. The summed E-state index contributed by atoms with van der Waals surface area (Å²) in [6, 6.07) is 0. The SMILES string of the molecule is NCCCC1CCCC1=O. The maximum absolute atomic E-state index is 11.0. The van der Waals surface area contributed by atoms with Gasteiger partial charge in [0.1, 0.15) is 5.78 Å². The second kappa shape index (κ2) is 3.71. The summed E-state index contributed by atoms with van der Waals surface area (Å²) in [5.74, 6) is 0.831. The number of ketones is 1. The van der Waals surface area contributed by atoms with Crippen molar-refractivity contribution < 1.29 is 4.79 Å². The van der Waals surface area contributed by atoms with E-state index in [9.17, 15) is 4.79 Å². The molecule has 1 aliphatic carbocycles. The van der Waals surface area contributed by atoms with Crippen molar-refractivity contribution in [3.05, 3.63) is 0 Å². The van der Waals surface area contributed by atoms with Gasteiger partial charge in [-0.15, -0.1) is 0 Å². The molecule has 1 saturated carbocycles. The fourth-order valence-corrected chi connectivity index (χ4v) is 1.56. The second-order valence-corrected chi connectivity index (χ2v) is 2.99. The van der Waals surface area contributed by atoms with E-state index >= 15 is 0 Å². The molecule has 1 fully saturated rings. The van der Waals surface area contributed by atoms with Gasteiger partial charge in [-0.2, -0.15) is 0 Å². The molecule has 0 aromatic rings. The molecule has 1 atom stereocenters. The quantitative estimate of drug-likeness (QED) is 0.639. The van der Waals surface area contributed by atoms with Crippen LogP contribution in [-0.4, -0.2) is 12.3 Å². The molecule has 2 N–H and O–H groups in total. The lowest BCUT2D eigenvalue weighted by atomic mass is 10.0. The van der Waals surface area contributed by atoms with Crippen molar-refractivity contribution in [2.75, 3.05) is 6.54 Å². The number of Topliss-reactive ketones (excluding diaryl/α,β-unsaturated/α-hetero) is 1. The van der Waals surface area contributed by atoms with Crippen LogP contribution in [0.1, 0.15) is 32.1 Å². The molecule has 2 heteroatoms. The molecule has 0 heterocycles. The average molecular weight is 141 g/mol. The molecule has 0 aromatic carbocycles. The van der Waals surface area contributed by atoms with Crippen molar-refractivity contribution >= 4 is 5.78 Å². The summed E-state index contributed by atoms with van der Waals surface area (Å²) < 4.78 is 0. The zero-order valence-corrected chi connectivity index (χ0v) is 6.31. The molecule has 58 valence electrons. The Morgan fingerprint density at radius 3 is 2.90 bits per heavy atom. The van der Waals surface area contributed by atoms with Crippen LogP contribution in [0, 0.1) is 5.92 Å². The first kappa shape index (κ1) is 7.73. The highest BCUT2D eigenvalue weighted by Gasteiger charge is 2.22. The lowest BCUT2D eigenvalue weighted by Crippen LogP contribution is -2.08. The van der Waals surface area contributed by atoms with Crippen LogP contribution < -0.4 is 5.73 Å². The van der Waals surface area contributed by atoms with Gasteiger partial charge in [-0.1, -0.05) is 0 Å². The summed E-state index contributed by atoms with van der Waals surface area (Å²) in [6.07, 6.45) is 5.06. The molecule has 10 heavy (non-hydrogen) atoms. The first-order valence-corrected chi connectivity index (χ1v) is 4.07. The van der Waals surface area contributed by atoms with Crippen LogP contribution in [0.5, 0.6) is 0 Å². The summed E-state index contributed by atoms with van der Waals surface area (Å²) in [4.78, 5) is 11.0. The summed E-state index contributed by atoms with van der Waals surface area (Å²) in [5.41, 5.74) is 5.34. The second-order valence-electron chi connectivity index (χ2n) is 2.99. The third kappa shape index (κ3) is 1.81. The first-order chi connectivity index (χ1) is 4.84. The summed E-state index contributed by atoms with van der Waals surface area (Å²) >= 11 is 0. The number of carbonyl (C=O) groups excluding carboxylic acids is 1. The van der Waals surface area contributed by atoms with Gasteiger partial charge in [0, 0.05) is 12.3 Å². The number of hydrogen-bond acceptors (Lipinski definition) is 2. The largest absolute Gasteiger partial charge is 0.330 e. The molecule has 1 aliphatic rings. The highest BCUT2D eigenvalue weighted by molar-refractivity contribution is 5.82. The third-order valence-corrected chi connectivity index (χ3v) is 2.19. The van der Waals surface area contributed by atoms with E-state index in [2.05, 4.69) is 0 Å². The van der Waals surface area contributed by atoms with Gasteiger partial charge in [-0.3, -0.25) is 4.79 Å². The standard InChI is InChI=1S/C8H15NO/c9-6-2-4-7-3-1-5-8(7)10/h7H,1-6,9H2. The van der Waals surface area contributed by atoms with Crippen LogP contribution >= 0.6 is 0 Å². The predicted molar refractivity (Wildman–Crippen MR) is 40.6 cm³/mol. The van der Waals surface area contributed by atoms with E-state index in [0.29, 0.717) is 11.7 Å². The monoisotopic (exact) mass is 141 g/mol. The van der Waals surface area contributed by atoms with Crippen LogP contribution in [0.4, 0.5) is 0 Å². The van der Waals surface area contributed by atoms with Crippen molar-refractivity contribution in [2.45, 2.75) is 32.1 Å². The molecule has 2 nitrogen and oxygen atoms in total. The maximum atomic E-state index is 11.0. The van der Waals surface area contributed by atoms with Crippen molar-refractivity contribution in [2.24, 2.45) is 11.7 Å². The fourth-order valence-electron chi connectivity index (χ4n) is 1.56. The van der Waals surface area contributed by atoms with Crippen molar-refractivity contribution in [1.82, 2.24) is 0 Å². The van der Waals surface area contributed by atoms with E-state index < -0.39 is 0 Å². The van der Waals surface area contributed by atoms with Crippen LogP contribution in [0.25, 0.3) is 0 Å². The molecule has 0 radical (unpaired) electrons. The summed E-state index contributed by atoms with van der Waals surface area (Å²) in [6.45, 7) is 0.726. The van der Waals surface area contributed by atoms with Gasteiger partial charge in [0.25, 0.3) is 0 Å². The smallest absolute Gasteiger partial charge is 0.135 e. The van der Waals surface area contributed by atoms with Gasteiger partial charge in [-0.05, 0) is 32.2 Å². The van der Waals surface area contributed by atoms with Crippen LogP contribution in [-0.2, 0) is 4.79 Å². The fraction of sp³-hybridized carbons (Fsp3) is 0.875.